The molecule has 0 atom stereocenters. The van der Waals surface area contributed by atoms with Crippen molar-refractivity contribution in [3.8, 4) is 11.1 Å². The number of nitrogens with zero attached hydrogens (tertiary/aromatic N) is 3. The number of fused-ring (bicyclic) bond motifs is 3. The number of halogens is 3. The Balaban J connectivity index is 1.29. The molecule has 236 valence electrons. The van der Waals surface area contributed by atoms with Crippen LogP contribution in [0.5, 0.6) is 0 Å². The molecule has 3 aromatic rings. The largest absolute Gasteiger partial charge is 0.381 e. The fraction of sp³-hybridized carbons (Fsp3) is 0.545. The van der Waals surface area contributed by atoms with Crippen LogP contribution in [0, 0.1) is 17.2 Å². The van der Waals surface area contributed by atoms with Crippen LogP contribution in [0.1, 0.15) is 70.0 Å². The molecule has 0 radical (unpaired) electrons. The van der Waals surface area contributed by atoms with E-state index in [1.165, 1.54) is 6.07 Å². The second-order valence-electron chi connectivity index (χ2n) is 13.5. The standard InChI is InChI=1S/C33H39F3N3O4P/c1-31(35,36)30-37-29(38-43-30)33-15-12-32(13-16-33,14-17-33)21-39(28(40)23-10-18-42-19-11-23)24-6-9-27(34)26(20-24)22-4-7-25(8-5-22)44(2,3)41/h4-9,20,23H,10-19,21H2,1-3H3. The first kappa shape index (κ1) is 31.0. The second kappa shape index (κ2) is 11.4. The van der Waals surface area contributed by atoms with Gasteiger partial charge in [0.1, 0.15) is 13.0 Å². The van der Waals surface area contributed by atoms with E-state index in [9.17, 15) is 18.1 Å². The minimum atomic E-state index is -3.19. The van der Waals surface area contributed by atoms with Gasteiger partial charge in [-0.1, -0.05) is 29.4 Å². The molecule has 1 aromatic heterocycles. The van der Waals surface area contributed by atoms with Crippen molar-refractivity contribution in [1.29, 1.82) is 0 Å². The van der Waals surface area contributed by atoms with Crippen molar-refractivity contribution >= 4 is 24.0 Å². The number of carbonyl (C=O) groups excluding carboxylic acids is 1. The lowest BCUT2D eigenvalue weighted by atomic mass is 9.53. The predicted octanol–water partition coefficient (Wildman–Crippen LogP) is 7.29. The highest BCUT2D eigenvalue weighted by molar-refractivity contribution is 7.70. The Morgan fingerprint density at radius 1 is 1.02 bits per heavy atom. The number of anilines is 1. The van der Waals surface area contributed by atoms with Crippen molar-refractivity contribution in [2.45, 2.75) is 69.6 Å². The summed E-state index contributed by atoms with van der Waals surface area (Å²) in [6, 6.07) is 11.9. The summed E-state index contributed by atoms with van der Waals surface area (Å²) >= 11 is 0. The normalized spacial score (nSPS) is 24.4. The molecule has 7 nitrogen and oxygen atoms in total. The highest BCUT2D eigenvalue weighted by Gasteiger charge is 2.53. The van der Waals surface area contributed by atoms with Gasteiger partial charge in [-0.25, -0.2) is 4.39 Å². The lowest BCUT2D eigenvalue weighted by Gasteiger charge is -2.53. The van der Waals surface area contributed by atoms with Crippen LogP contribution >= 0.6 is 7.14 Å². The van der Waals surface area contributed by atoms with Crippen molar-refractivity contribution in [2.75, 3.05) is 38.0 Å². The smallest absolute Gasteiger partial charge is 0.322 e. The van der Waals surface area contributed by atoms with E-state index in [0.717, 1.165) is 50.8 Å². The Hall–Kier alpha value is -2.97. The molecule has 2 bridgehead atoms. The van der Waals surface area contributed by atoms with Gasteiger partial charge in [0.15, 0.2) is 5.82 Å². The first-order chi connectivity index (χ1) is 20.8. The van der Waals surface area contributed by atoms with Gasteiger partial charge >= 0.3 is 5.92 Å². The van der Waals surface area contributed by atoms with Gasteiger partial charge in [-0.15, -0.1) is 0 Å². The molecule has 3 saturated carbocycles. The van der Waals surface area contributed by atoms with E-state index in [1.54, 1.807) is 49.7 Å². The Bertz CT molecular complexity index is 1550. The van der Waals surface area contributed by atoms with Gasteiger partial charge in [0.2, 0.25) is 5.91 Å². The van der Waals surface area contributed by atoms with Crippen molar-refractivity contribution in [2.24, 2.45) is 11.3 Å². The van der Waals surface area contributed by atoms with Crippen LogP contribution in [0.3, 0.4) is 0 Å². The number of amides is 1. The van der Waals surface area contributed by atoms with Crippen LogP contribution in [0.15, 0.2) is 47.0 Å². The van der Waals surface area contributed by atoms with E-state index in [0.29, 0.717) is 55.2 Å². The zero-order valence-corrected chi connectivity index (χ0v) is 26.3. The molecule has 2 heterocycles. The molecule has 0 spiro atoms. The van der Waals surface area contributed by atoms with Crippen LogP contribution in [-0.2, 0) is 25.4 Å². The van der Waals surface area contributed by atoms with Gasteiger partial charge in [-0.3, -0.25) is 4.79 Å². The molecule has 3 aliphatic carbocycles. The predicted molar refractivity (Wildman–Crippen MR) is 162 cm³/mol. The summed E-state index contributed by atoms with van der Waals surface area (Å²) in [4.78, 5) is 20.1. The van der Waals surface area contributed by atoms with E-state index >= 15 is 4.39 Å². The van der Waals surface area contributed by atoms with E-state index in [2.05, 4.69) is 10.1 Å². The monoisotopic (exact) mass is 629 g/mol. The number of rotatable bonds is 8. The summed E-state index contributed by atoms with van der Waals surface area (Å²) in [7, 11) is -2.46. The highest BCUT2D eigenvalue weighted by atomic mass is 31.2. The molecule has 1 aliphatic heterocycles. The molecule has 1 saturated heterocycles. The average molecular weight is 630 g/mol. The third-order valence-corrected chi connectivity index (χ3v) is 11.6. The SMILES string of the molecule is CC(F)(F)c1nc(C23CCC(CN(C(=O)C4CCOCC4)c4ccc(F)c(-c5ccc(P(C)(C)=O)cc5)c4)(CC2)CC3)no1. The molecule has 7 rings (SSSR count). The molecule has 4 aliphatic rings. The molecule has 2 aromatic carbocycles. The van der Waals surface area contributed by atoms with Crippen molar-refractivity contribution in [3.05, 3.63) is 60.0 Å². The third kappa shape index (κ3) is 6.00. The molecular formula is C33H39F3N3O4P. The van der Waals surface area contributed by atoms with Gasteiger partial charge in [-0.05, 0) is 93.9 Å². The maximum Gasteiger partial charge on any atom is 0.322 e. The second-order valence-corrected chi connectivity index (χ2v) is 16.7. The minimum Gasteiger partial charge on any atom is -0.381 e. The topological polar surface area (TPSA) is 85.5 Å². The maximum absolute atomic E-state index is 15.3. The quantitative estimate of drug-likeness (QED) is 0.244. The summed E-state index contributed by atoms with van der Waals surface area (Å²) in [6.45, 7) is 5.70. The fourth-order valence-electron chi connectivity index (χ4n) is 7.15. The summed E-state index contributed by atoms with van der Waals surface area (Å²) in [5.41, 5.74) is 1.10. The lowest BCUT2D eigenvalue weighted by molar-refractivity contribution is -0.126. The van der Waals surface area contributed by atoms with Crippen molar-refractivity contribution < 1.29 is 31.8 Å². The number of alkyl halides is 2. The molecule has 44 heavy (non-hydrogen) atoms. The zero-order chi connectivity index (χ0) is 31.3. The highest BCUT2D eigenvalue weighted by Crippen LogP contribution is 2.58. The van der Waals surface area contributed by atoms with Gasteiger partial charge < -0.3 is 18.7 Å². The van der Waals surface area contributed by atoms with Gasteiger partial charge in [-0.2, -0.15) is 13.8 Å². The van der Waals surface area contributed by atoms with Gasteiger partial charge in [0, 0.05) is 54.6 Å². The van der Waals surface area contributed by atoms with E-state index in [1.807, 2.05) is 4.90 Å². The number of hydrogen-bond acceptors (Lipinski definition) is 6. The van der Waals surface area contributed by atoms with Gasteiger partial charge in [0.25, 0.3) is 5.89 Å². The van der Waals surface area contributed by atoms with E-state index in [-0.39, 0.29) is 17.2 Å². The van der Waals surface area contributed by atoms with Crippen molar-refractivity contribution in [1.82, 2.24) is 10.1 Å². The van der Waals surface area contributed by atoms with Crippen molar-refractivity contribution in [3.63, 3.8) is 0 Å². The third-order valence-electron chi connectivity index (χ3n) is 10.1. The summed E-state index contributed by atoms with van der Waals surface area (Å²) in [5, 5.41) is 4.69. The number of aromatic nitrogens is 2. The molecule has 11 heteroatoms. The molecule has 4 fully saturated rings. The molecular weight excluding hydrogens is 590 g/mol. The van der Waals surface area contributed by atoms with Gasteiger partial charge in [0.05, 0.1) is 0 Å². The van der Waals surface area contributed by atoms with E-state index < -0.39 is 30.2 Å². The first-order valence-corrected chi connectivity index (χ1v) is 18.0. The van der Waals surface area contributed by atoms with Crippen LogP contribution < -0.4 is 10.2 Å². The lowest BCUT2D eigenvalue weighted by Crippen LogP contribution is -2.52. The zero-order valence-electron chi connectivity index (χ0n) is 25.5. The van der Waals surface area contributed by atoms with Crippen LogP contribution in [0.4, 0.5) is 18.9 Å². The number of ether oxygens (including phenoxy) is 1. The van der Waals surface area contributed by atoms with Crippen LogP contribution in [0.25, 0.3) is 11.1 Å². The summed E-state index contributed by atoms with van der Waals surface area (Å²) in [6.07, 6.45) is 5.82. The number of carbonyl (C=O) groups is 1. The Morgan fingerprint density at radius 3 is 2.23 bits per heavy atom. The Kier molecular flexibility index (Phi) is 8.06. The minimum absolute atomic E-state index is 0.0175. The maximum atomic E-state index is 15.3. The first-order valence-electron chi connectivity index (χ1n) is 15.4. The molecule has 0 unspecified atom stereocenters. The fourth-order valence-corrected chi connectivity index (χ4v) is 8.02. The number of hydrogen-bond donors (Lipinski definition) is 0. The van der Waals surface area contributed by atoms with Crippen LogP contribution in [-0.4, -0.2) is 49.1 Å². The summed E-state index contributed by atoms with van der Waals surface area (Å²) in [5.74, 6) is -4.05. The van der Waals surface area contributed by atoms with Crippen LogP contribution in [0.2, 0.25) is 0 Å². The summed E-state index contributed by atoms with van der Waals surface area (Å²) < 4.78 is 65.9. The molecule has 1 amide bonds. The Morgan fingerprint density at radius 2 is 1.66 bits per heavy atom. The number of benzene rings is 2. The Labute approximate surface area is 255 Å². The van der Waals surface area contributed by atoms with E-state index in [4.69, 9.17) is 9.26 Å². The average Bonchev–Trinajstić information content (AvgIpc) is 3.54. The molecule has 0 N–H and O–H groups in total.